The van der Waals surface area contributed by atoms with Crippen molar-refractivity contribution in [2.24, 2.45) is 7.05 Å². The normalized spacial score (nSPS) is 10.6. The van der Waals surface area contributed by atoms with Crippen LogP contribution in [0.5, 0.6) is 0 Å². The molecule has 3 heteroatoms. The van der Waals surface area contributed by atoms with Gasteiger partial charge in [0.05, 0.1) is 5.52 Å². The first kappa shape index (κ1) is 8.51. The SMILES string of the molecule is Cn1ccc2c(Br)ccc(C=O)c21. The van der Waals surface area contributed by atoms with Gasteiger partial charge in [-0.2, -0.15) is 0 Å². The molecule has 0 saturated carbocycles. The van der Waals surface area contributed by atoms with Gasteiger partial charge < -0.3 is 4.57 Å². The fourth-order valence-electron chi connectivity index (χ4n) is 1.51. The van der Waals surface area contributed by atoms with Gasteiger partial charge in [-0.3, -0.25) is 4.79 Å². The number of benzene rings is 1. The van der Waals surface area contributed by atoms with Gasteiger partial charge in [-0.25, -0.2) is 0 Å². The van der Waals surface area contributed by atoms with Crippen molar-refractivity contribution in [2.75, 3.05) is 0 Å². The molecule has 1 heterocycles. The quantitative estimate of drug-likeness (QED) is 0.700. The average molecular weight is 238 g/mol. The van der Waals surface area contributed by atoms with Crippen LogP contribution in [-0.2, 0) is 7.05 Å². The van der Waals surface area contributed by atoms with Gasteiger partial charge in [0, 0.05) is 28.7 Å². The van der Waals surface area contributed by atoms with E-state index in [2.05, 4.69) is 15.9 Å². The van der Waals surface area contributed by atoms with Crippen LogP contribution in [0.1, 0.15) is 10.4 Å². The molecule has 0 aliphatic carbocycles. The van der Waals surface area contributed by atoms with Gasteiger partial charge in [-0.05, 0) is 18.2 Å². The standard InChI is InChI=1S/C10H8BrNO/c1-12-5-4-8-9(11)3-2-7(6-13)10(8)12/h2-6H,1H3. The second-order valence-corrected chi connectivity index (χ2v) is 3.80. The Bertz CT molecular complexity index is 473. The van der Waals surface area contributed by atoms with E-state index in [9.17, 15) is 4.79 Å². The van der Waals surface area contributed by atoms with E-state index in [1.54, 1.807) is 0 Å². The number of aromatic nitrogens is 1. The molecule has 0 spiro atoms. The molecule has 2 rings (SSSR count). The Kier molecular flexibility index (Phi) is 1.96. The molecule has 0 unspecified atom stereocenters. The molecule has 0 saturated heterocycles. The average Bonchev–Trinajstić information content (AvgIpc) is 2.51. The second-order valence-electron chi connectivity index (χ2n) is 2.94. The fourth-order valence-corrected chi connectivity index (χ4v) is 1.96. The first-order valence-electron chi connectivity index (χ1n) is 3.93. The molecular weight excluding hydrogens is 230 g/mol. The molecule has 0 aliphatic rings. The predicted molar refractivity (Wildman–Crippen MR) is 56.0 cm³/mol. The number of halogens is 1. The smallest absolute Gasteiger partial charge is 0.152 e. The minimum atomic E-state index is 0.728. The Hall–Kier alpha value is -1.09. The zero-order valence-electron chi connectivity index (χ0n) is 7.12. The van der Waals surface area contributed by atoms with E-state index in [0.29, 0.717) is 0 Å². The van der Waals surface area contributed by atoms with E-state index in [4.69, 9.17) is 0 Å². The molecule has 0 aliphatic heterocycles. The van der Waals surface area contributed by atoms with Crippen molar-refractivity contribution in [1.29, 1.82) is 0 Å². The molecule has 1 aromatic heterocycles. The summed E-state index contributed by atoms with van der Waals surface area (Å²) in [7, 11) is 1.93. The third-order valence-electron chi connectivity index (χ3n) is 2.14. The van der Waals surface area contributed by atoms with Gasteiger partial charge >= 0.3 is 0 Å². The van der Waals surface area contributed by atoms with E-state index in [1.165, 1.54) is 0 Å². The summed E-state index contributed by atoms with van der Waals surface area (Å²) in [6, 6.07) is 5.71. The van der Waals surface area contributed by atoms with Gasteiger partial charge in [-0.15, -0.1) is 0 Å². The van der Waals surface area contributed by atoms with Crippen LogP contribution in [0.25, 0.3) is 10.9 Å². The zero-order chi connectivity index (χ0) is 9.42. The van der Waals surface area contributed by atoms with E-state index >= 15 is 0 Å². The number of carbonyl (C=O) groups excluding carboxylic acids is 1. The van der Waals surface area contributed by atoms with Crippen molar-refractivity contribution in [1.82, 2.24) is 4.57 Å². The first-order valence-corrected chi connectivity index (χ1v) is 4.72. The van der Waals surface area contributed by atoms with Gasteiger partial charge in [0.2, 0.25) is 0 Å². The Balaban J connectivity index is 2.96. The molecule has 0 amide bonds. The van der Waals surface area contributed by atoms with Crippen LogP contribution < -0.4 is 0 Å². The summed E-state index contributed by atoms with van der Waals surface area (Å²) >= 11 is 3.44. The highest BCUT2D eigenvalue weighted by molar-refractivity contribution is 9.10. The lowest BCUT2D eigenvalue weighted by Gasteiger charge is -2.00. The van der Waals surface area contributed by atoms with Crippen LogP contribution in [0.3, 0.4) is 0 Å². The monoisotopic (exact) mass is 237 g/mol. The summed E-state index contributed by atoms with van der Waals surface area (Å²) < 4.78 is 2.97. The molecule has 0 bridgehead atoms. The van der Waals surface area contributed by atoms with Crippen LogP contribution in [0, 0.1) is 0 Å². The van der Waals surface area contributed by atoms with Crippen LogP contribution >= 0.6 is 15.9 Å². The number of fused-ring (bicyclic) bond motifs is 1. The van der Waals surface area contributed by atoms with Gasteiger partial charge in [0.15, 0.2) is 6.29 Å². The predicted octanol–water partition coefficient (Wildman–Crippen LogP) is 2.75. The van der Waals surface area contributed by atoms with Gasteiger partial charge in [-0.1, -0.05) is 15.9 Å². The Morgan fingerprint density at radius 2 is 2.15 bits per heavy atom. The Morgan fingerprint density at radius 1 is 1.38 bits per heavy atom. The minimum Gasteiger partial charge on any atom is -0.350 e. The number of hydrogen-bond acceptors (Lipinski definition) is 1. The van der Waals surface area contributed by atoms with E-state index in [0.717, 1.165) is 27.2 Å². The number of rotatable bonds is 1. The number of nitrogens with zero attached hydrogens (tertiary/aromatic N) is 1. The van der Waals surface area contributed by atoms with Crippen molar-refractivity contribution in [3.8, 4) is 0 Å². The Labute approximate surface area is 84.3 Å². The van der Waals surface area contributed by atoms with E-state index in [1.807, 2.05) is 36.0 Å². The molecule has 66 valence electrons. The number of carbonyl (C=O) groups is 1. The van der Waals surface area contributed by atoms with E-state index in [-0.39, 0.29) is 0 Å². The maximum absolute atomic E-state index is 10.8. The lowest BCUT2D eigenvalue weighted by atomic mass is 10.1. The molecule has 2 nitrogen and oxygen atoms in total. The van der Waals surface area contributed by atoms with Gasteiger partial charge in [0.25, 0.3) is 0 Å². The highest BCUT2D eigenvalue weighted by atomic mass is 79.9. The maximum Gasteiger partial charge on any atom is 0.152 e. The topological polar surface area (TPSA) is 22.0 Å². The summed E-state index contributed by atoms with van der Waals surface area (Å²) in [5.74, 6) is 0. The van der Waals surface area contributed by atoms with Crippen LogP contribution in [-0.4, -0.2) is 10.9 Å². The molecule has 0 fully saturated rings. The van der Waals surface area contributed by atoms with Crippen LogP contribution in [0.15, 0.2) is 28.9 Å². The van der Waals surface area contributed by atoms with Crippen molar-refractivity contribution < 1.29 is 4.79 Å². The van der Waals surface area contributed by atoms with Crippen molar-refractivity contribution in [3.63, 3.8) is 0 Å². The summed E-state index contributed by atoms with van der Waals surface area (Å²) in [5, 5.41) is 1.08. The van der Waals surface area contributed by atoms with Crippen molar-refractivity contribution >= 4 is 33.1 Å². The lowest BCUT2D eigenvalue weighted by Crippen LogP contribution is -1.90. The number of aryl methyl sites for hydroxylation is 1. The zero-order valence-corrected chi connectivity index (χ0v) is 8.71. The minimum absolute atomic E-state index is 0.728. The van der Waals surface area contributed by atoms with Crippen molar-refractivity contribution in [3.05, 3.63) is 34.4 Å². The number of aldehydes is 1. The fraction of sp³-hybridized carbons (Fsp3) is 0.100. The first-order chi connectivity index (χ1) is 6.24. The number of hydrogen-bond donors (Lipinski definition) is 0. The third-order valence-corrected chi connectivity index (χ3v) is 2.83. The maximum atomic E-state index is 10.8. The summed E-state index contributed by atoms with van der Waals surface area (Å²) in [5.41, 5.74) is 1.70. The Morgan fingerprint density at radius 3 is 2.85 bits per heavy atom. The summed E-state index contributed by atoms with van der Waals surface area (Å²) in [4.78, 5) is 10.8. The van der Waals surface area contributed by atoms with Crippen LogP contribution in [0.2, 0.25) is 0 Å². The molecule has 13 heavy (non-hydrogen) atoms. The largest absolute Gasteiger partial charge is 0.350 e. The summed E-state index contributed by atoms with van der Waals surface area (Å²) in [6.45, 7) is 0. The highest BCUT2D eigenvalue weighted by Crippen LogP contribution is 2.26. The molecule has 0 N–H and O–H groups in total. The molecule has 2 aromatic rings. The highest BCUT2D eigenvalue weighted by Gasteiger charge is 2.06. The third kappa shape index (κ3) is 1.20. The molecule has 0 radical (unpaired) electrons. The second kappa shape index (κ2) is 3.00. The van der Waals surface area contributed by atoms with Gasteiger partial charge in [0.1, 0.15) is 0 Å². The molecular formula is C10H8BrNO. The van der Waals surface area contributed by atoms with Crippen LogP contribution in [0.4, 0.5) is 0 Å². The van der Waals surface area contributed by atoms with E-state index < -0.39 is 0 Å². The lowest BCUT2D eigenvalue weighted by molar-refractivity contribution is 0.112. The summed E-state index contributed by atoms with van der Waals surface area (Å²) in [6.07, 6.45) is 2.83. The van der Waals surface area contributed by atoms with Crippen molar-refractivity contribution in [2.45, 2.75) is 0 Å². The molecule has 0 atom stereocenters. The molecule has 1 aromatic carbocycles.